The molecule has 0 heterocycles. The Morgan fingerprint density at radius 3 is 2.19 bits per heavy atom. The lowest BCUT2D eigenvalue weighted by Crippen LogP contribution is -2.01. The van der Waals surface area contributed by atoms with Crippen molar-refractivity contribution < 1.29 is 13.5 Å². The third kappa shape index (κ3) is 4.49. The minimum atomic E-state index is -3.17. The Morgan fingerprint density at radius 2 is 1.67 bits per heavy atom. The Balaban J connectivity index is 1.98. The standard InChI is InChI=1S/C15H17NO3S2/c1-21(18,19)14-8-6-13(7-9-14)20-10-15(17)11-2-4-12(16)5-3-11/h2-9,15,17H,10,16H2,1H3. The molecule has 0 saturated heterocycles. The van der Waals surface area contributed by atoms with E-state index in [1.54, 1.807) is 48.5 Å². The van der Waals surface area contributed by atoms with Crippen LogP contribution >= 0.6 is 11.8 Å². The van der Waals surface area contributed by atoms with Gasteiger partial charge in [0.2, 0.25) is 0 Å². The second kappa shape index (κ2) is 6.51. The van der Waals surface area contributed by atoms with Crippen LogP contribution in [0.2, 0.25) is 0 Å². The fourth-order valence-electron chi connectivity index (χ4n) is 1.77. The highest BCUT2D eigenvalue weighted by Crippen LogP contribution is 2.26. The molecule has 0 spiro atoms. The van der Waals surface area contributed by atoms with Crippen LogP contribution in [0, 0.1) is 0 Å². The molecule has 2 aromatic rings. The molecule has 4 nitrogen and oxygen atoms in total. The first-order valence-electron chi connectivity index (χ1n) is 6.33. The van der Waals surface area contributed by atoms with Crippen molar-refractivity contribution in [2.75, 3.05) is 17.7 Å². The van der Waals surface area contributed by atoms with Crippen molar-refractivity contribution in [1.82, 2.24) is 0 Å². The highest BCUT2D eigenvalue weighted by Gasteiger charge is 2.09. The quantitative estimate of drug-likeness (QED) is 0.653. The molecule has 0 amide bonds. The zero-order chi connectivity index (χ0) is 15.5. The van der Waals surface area contributed by atoms with E-state index in [9.17, 15) is 13.5 Å². The first-order chi connectivity index (χ1) is 9.86. The van der Waals surface area contributed by atoms with E-state index in [2.05, 4.69) is 0 Å². The summed E-state index contributed by atoms with van der Waals surface area (Å²) in [6.07, 6.45) is 0.588. The largest absolute Gasteiger partial charge is 0.399 e. The summed E-state index contributed by atoms with van der Waals surface area (Å²) in [7, 11) is -3.17. The van der Waals surface area contributed by atoms with Crippen LogP contribution in [0.5, 0.6) is 0 Å². The summed E-state index contributed by atoms with van der Waals surface area (Å²) in [6.45, 7) is 0. The number of hydrogen-bond donors (Lipinski definition) is 2. The van der Waals surface area contributed by atoms with Gasteiger partial charge in [0.15, 0.2) is 9.84 Å². The van der Waals surface area contributed by atoms with Gasteiger partial charge in [-0.05, 0) is 42.0 Å². The smallest absolute Gasteiger partial charge is 0.175 e. The summed E-state index contributed by atoms with van der Waals surface area (Å²) in [5.41, 5.74) is 7.08. The molecule has 0 saturated carbocycles. The molecular weight excluding hydrogens is 306 g/mol. The van der Waals surface area contributed by atoms with Crippen molar-refractivity contribution in [3.05, 3.63) is 54.1 Å². The maximum atomic E-state index is 11.4. The molecule has 1 atom stereocenters. The monoisotopic (exact) mass is 323 g/mol. The van der Waals surface area contributed by atoms with E-state index in [1.165, 1.54) is 18.0 Å². The molecule has 0 aliphatic rings. The van der Waals surface area contributed by atoms with Gasteiger partial charge in [-0.1, -0.05) is 12.1 Å². The van der Waals surface area contributed by atoms with Gasteiger partial charge in [-0.3, -0.25) is 0 Å². The van der Waals surface area contributed by atoms with Crippen molar-refractivity contribution in [2.45, 2.75) is 15.9 Å². The van der Waals surface area contributed by atoms with Gasteiger partial charge in [-0.15, -0.1) is 11.8 Å². The molecule has 6 heteroatoms. The van der Waals surface area contributed by atoms with Gasteiger partial charge >= 0.3 is 0 Å². The lowest BCUT2D eigenvalue weighted by Gasteiger charge is -2.11. The van der Waals surface area contributed by atoms with Crippen LogP contribution in [0.3, 0.4) is 0 Å². The van der Waals surface area contributed by atoms with E-state index in [1.807, 2.05) is 0 Å². The maximum absolute atomic E-state index is 11.4. The molecule has 0 fully saturated rings. The van der Waals surface area contributed by atoms with Crippen LogP contribution in [-0.4, -0.2) is 25.5 Å². The van der Waals surface area contributed by atoms with Gasteiger partial charge in [0, 0.05) is 22.6 Å². The summed E-state index contributed by atoms with van der Waals surface area (Å²) in [6, 6.07) is 13.8. The predicted octanol–water partition coefficient (Wildman–Crippen LogP) is 2.50. The Bertz CT molecular complexity index is 695. The molecule has 3 N–H and O–H groups in total. The van der Waals surface area contributed by atoms with E-state index in [4.69, 9.17) is 5.73 Å². The van der Waals surface area contributed by atoms with Gasteiger partial charge in [0.25, 0.3) is 0 Å². The molecule has 112 valence electrons. The molecule has 0 radical (unpaired) electrons. The van der Waals surface area contributed by atoms with Crippen LogP contribution < -0.4 is 5.73 Å². The van der Waals surface area contributed by atoms with Crippen molar-refractivity contribution in [3.8, 4) is 0 Å². The van der Waals surface area contributed by atoms with Gasteiger partial charge in [-0.25, -0.2) is 8.42 Å². The number of nitrogen functional groups attached to an aromatic ring is 1. The summed E-state index contributed by atoms with van der Waals surface area (Å²) in [5, 5.41) is 10.1. The average molecular weight is 323 g/mol. The molecule has 21 heavy (non-hydrogen) atoms. The minimum absolute atomic E-state index is 0.297. The average Bonchev–Trinajstić information content (AvgIpc) is 2.45. The Hall–Kier alpha value is -1.50. The number of thioether (sulfide) groups is 1. The van der Waals surface area contributed by atoms with Gasteiger partial charge < -0.3 is 10.8 Å². The first kappa shape index (κ1) is 15.9. The maximum Gasteiger partial charge on any atom is 0.175 e. The summed E-state index contributed by atoms with van der Waals surface area (Å²) in [4.78, 5) is 1.21. The highest BCUT2D eigenvalue weighted by atomic mass is 32.2. The van der Waals surface area contributed by atoms with Crippen LogP contribution in [0.1, 0.15) is 11.7 Å². The third-order valence-electron chi connectivity index (χ3n) is 2.98. The second-order valence-electron chi connectivity index (χ2n) is 4.74. The number of aliphatic hydroxyl groups excluding tert-OH is 1. The molecule has 0 aromatic heterocycles. The van der Waals surface area contributed by atoms with Crippen LogP contribution in [0.25, 0.3) is 0 Å². The van der Waals surface area contributed by atoms with E-state index >= 15 is 0 Å². The van der Waals surface area contributed by atoms with Gasteiger partial charge in [0.1, 0.15) is 0 Å². The second-order valence-corrected chi connectivity index (χ2v) is 7.85. The molecule has 0 aliphatic carbocycles. The number of benzene rings is 2. The summed E-state index contributed by atoms with van der Waals surface area (Å²) < 4.78 is 22.7. The topological polar surface area (TPSA) is 80.4 Å². The van der Waals surface area contributed by atoms with Gasteiger partial charge in [-0.2, -0.15) is 0 Å². The molecule has 1 unspecified atom stereocenters. The Labute approximate surface area is 128 Å². The number of nitrogens with two attached hydrogens (primary N) is 1. The zero-order valence-electron chi connectivity index (χ0n) is 11.6. The molecule has 2 rings (SSSR count). The van der Waals surface area contributed by atoms with E-state index in [0.717, 1.165) is 10.5 Å². The number of anilines is 1. The minimum Gasteiger partial charge on any atom is -0.399 e. The Kier molecular flexibility index (Phi) is 4.92. The van der Waals surface area contributed by atoms with E-state index < -0.39 is 15.9 Å². The number of hydrogen-bond acceptors (Lipinski definition) is 5. The lowest BCUT2D eigenvalue weighted by atomic mass is 10.1. The van der Waals surface area contributed by atoms with Crippen LogP contribution in [-0.2, 0) is 9.84 Å². The molecule has 2 aromatic carbocycles. The van der Waals surface area contributed by atoms with Crippen molar-refractivity contribution >= 4 is 27.3 Å². The van der Waals surface area contributed by atoms with Crippen molar-refractivity contribution in [3.63, 3.8) is 0 Å². The third-order valence-corrected chi connectivity index (χ3v) is 5.20. The summed E-state index contributed by atoms with van der Waals surface area (Å²) >= 11 is 1.47. The lowest BCUT2D eigenvalue weighted by molar-refractivity contribution is 0.204. The number of sulfone groups is 1. The Morgan fingerprint density at radius 1 is 1.10 bits per heavy atom. The normalized spacial score (nSPS) is 13.0. The highest BCUT2D eigenvalue weighted by molar-refractivity contribution is 7.99. The fraction of sp³-hybridized carbons (Fsp3) is 0.200. The first-order valence-corrected chi connectivity index (χ1v) is 9.20. The van der Waals surface area contributed by atoms with E-state index in [0.29, 0.717) is 16.3 Å². The molecule has 0 aliphatic heterocycles. The number of rotatable bonds is 5. The van der Waals surface area contributed by atoms with Crippen molar-refractivity contribution in [2.24, 2.45) is 0 Å². The summed E-state index contributed by atoms with van der Waals surface area (Å²) in [5.74, 6) is 0.488. The fourth-order valence-corrected chi connectivity index (χ4v) is 3.27. The molecule has 0 bridgehead atoms. The zero-order valence-corrected chi connectivity index (χ0v) is 13.2. The predicted molar refractivity (Wildman–Crippen MR) is 86.1 cm³/mol. The van der Waals surface area contributed by atoms with Gasteiger partial charge in [0.05, 0.1) is 11.0 Å². The molecular formula is C15H17NO3S2. The van der Waals surface area contributed by atoms with Crippen LogP contribution in [0.15, 0.2) is 58.3 Å². The van der Waals surface area contributed by atoms with E-state index in [-0.39, 0.29) is 0 Å². The SMILES string of the molecule is CS(=O)(=O)c1ccc(SCC(O)c2ccc(N)cc2)cc1. The number of aliphatic hydroxyl groups is 1. The van der Waals surface area contributed by atoms with Crippen LogP contribution in [0.4, 0.5) is 5.69 Å². The van der Waals surface area contributed by atoms with Crippen molar-refractivity contribution in [1.29, 1.82) is 0 Å².